The van der Waals surface area contributed by atoms with E-state index >= 15 is 0 Å². The SMILES string of the molecule is CCOc1c(-c2cnoc2C2CC2)c(C(F)(F)F)nn1C. The van der Waals surface area contributed by atoms with Crippen LogP contribution in [0.1, 0.15) is 37.1 Å². The molecule has 1 saturated carbocycles. The highest BCUT2D eigenvalue weighted by atomic mass is 19.4. The zero-order valence-corrected chi connectivity index (χ0v) is 11.6. The van der Waals surface area contributed by atoms with Gasteiger partial charge in [0.2, 0.25) is 5.88 Å². The molecule has 3 rings (SSSR count). The molecule has 21 heavy (non-hydrogen) atoms. The van der Waals surface area contributed by atoms with Gasteiger partial charge in [0.05, 0.1) is 23.9 Å². The van der Waals surface area contributed by atoms with E-state index in [0.29, 0.717) is 11.3 Å². The van der Waals surface area contributed by atoms with E-state index in [4.69, 9.17) is 9.26 Å². The van der Waals surface area contributed by atoms with E-state index in [-0.39, 0.29) is 24.0 Å². The Labute approximate surface area is 118 Å². The number of hydrogen-bond acceptors (Lipinski definition) is 4. The molecule has 1 fully saturated rings. The van der Waals surface area contributed by atoms with E-state index in [1.807, 2.05) is 0 Å². The van der Waals surface area contributed by atoms with Crippen molar-refractivity contribution >= 4 is 0 Å². The summed E-state index contributed by atoms with van der Waals surface area (Å²) in [6.45, 7) is 1.95. The van der Waals surface area contributed by atoms with Gasteiger partial charge in [-0.2, -0.15) is 18.3 Å². The zero-order valence-electron chi connectivity index (χ0n) is 11.6. The normalized spacial score (nSPS) is 15.5. The zero-order chi connectivity index (χ0) is 15.2. The molecule has 0 atom stereocenters. The second kappa shape index (κ2) is 4.78. The Bertz CT molecular complexity index is 656. The minimum Gasteiger partial charge on any atom is -0.478 e. The number of aromatic nitrogens is 3. The van der Waals surface area contributed by atoms with Gasteiger partial charge in [-0.05, 0) is 19.8 Å². The fraction of sp³-hybridized carbons (Fsp3) is 0.538. The molecule has 0 saturated heterocycles. The molecule has 0 unspecified atom stereocenters. The molecule has 114 valence electrons. The van der Waals surface area contributed by atoms with Crippen molar-refractivity contribution in [1.82, 2.24) is 14.9 Å². The maximum atomic E-state index is 13.2. The van der Waals surface area contributed by atoms with Gasteiger partial charge < -0.3 is 9.26 Å². The molecule has 2 aromatic rings. The lowest BCUT2D eigenvalue weighted by Gasteiger charge is -2.08. The lowest BCUT2D eigenvalue weighted by molar-refractivity contribution is -0.141. The third-order valence-electron chi connectivity index (χ3n) is 3.36. The average Bonchev–Trinajstić information content (AvgIpc) is 3.04. The molecule has 0 spiro atoms. The van der Waals surface area contributed by atoms with Crippen LogP contribution < -0.4 is 4.74 Å². The Balaban J connectivity index is 2.20. The third-order valence-corrected chi connectivity index (χ3v) is 3.36. The van der Waals surface area contributed by atoms with Crippen LogP contribution in [0.25, 0.3) is 11.1 Å². The van der Waals surface area contributed by atoms with Crippen LogP contribution in [0.4, 0.5) is 13.2 Å². The van der Waals surface area contributed by atoms with Gasteiger partial charge in [-0.25, -0.2) is 4.68 Å². The quantitative estimate of drug-likeness (QED) is 0.869. The fourth-order valence-corrected chi connectivity index (χ4v) is 2.33. The first-order valence-corrected chi connectivity index (χ1v) is 6.65. The summed E-state index contributed by atoms with van der Waals surface area (Å²) in [6, 6.07) is 0. The van der Waals surface area contributed by atoms with Gasteiger partial charge in [-0.1, -0.05) is 5.16 Å². The van der Waals surface area contributed by atoms with E-state index in [1.165, 1.54) is 13.2 Å². The average molecular weight is 301 g/mol. The third kappa shape index (κ3) is 2.38. The van der Waals surface area contributed by atoms with E-state index < -0.39 is 11.9 Å². The topological polar surface area (TPSA) is 53.1 Å². The first-order valence-electron chi connectivity index (χ1n) is 6.65. The molecular weight excluding hydrogens is 287 g/mol. The summed E-state index contributed by atoms with van der Waals surface area (Å²) in [7, 11) is 1.42. The summed E-state index contributed by atoms with van der Waals surface area (Å²) < 4.78 is 51.3. The van der Waals surface area contributed by atoms with Gasteiger partial charge in [0.15, 0.2) is 5.69 Å². The smallest absolute Gasteiger partial charge is 0.435 e. The minimum absolute atomic E-state index is 0.0786. The van der Waals surface area contributed by atoms with Gasteiger partial charge in [-0.3, -0.25) is 0 Å². The predicted molar refractivity (Wildman–Crippen MR) is 66.9 cm³/mol. The van der Waals surface area contributed by atoms with Crippen LogP contribution in [-0.4, -0.2) is 21.5 Å². The second-order valence-corrected chi connectivity index (χ2v) is 4.96. The highest BCUT2D eigenvalue weighted by molar-refractivity contribution is 5.74. The highest BCUT2D eigenvalue weighted by Gasteiger charge is 2.42. The molecule has 0 radical (unpaired) electrons. The number of rotatable bonds is 4. The molecule has 1 aliphatic rings. The number of alkyl halides is 3. The van der Waals surface area contributed by atoms with E-state index in [9.17, 15) is 13.2 Å². The summed E-state index contributed by atoms with van der Waals surface area (Å²) in [5, 5.41) is 7.23. The Hall–Kier alpha value is -1.99. The first kappa shape index (κ1) is 14.0. The van der Waals surface area contributed by atoms with Crippen LogP contribution in [0.15, 0.2) is 10.7 Å². The van der Waals surface area contributed by atoms with Crippen molar-refractivity contribution in [3.05, 3.63) is 17.7 Å². The largest absolute Gasteiger partial charge is 0.478 e. The molecule has 0 amide bonds. The monoisotopic (exact) mass is 301 g/mol. The van der Waals surface area contributed by atoms with Crippen LogP contribution >= 0.6 is 0 Å². The van der Waals surface area contributed by atoms with Crippen molar-refractivity contribution in [2.24, 2.45) is 7.05 Å². The van der Waals surface area contributed by atoms with Crippen LogP contribution in [0.2, 0.25) is 0 Å². The van der Waals surface area contributed by atoms with Crippen molar-refractivity contribution in [2.45, 2.75) is 31.9 Å². The molecular formula is C13H14F3N3O2. The Morgan fingerprint density at radius 3 is 2.71 bits per heavy atom. The molecule has 5 nitrogen and oxygen atoms in total. The number of nitrogens with zero attached hydrogens (tertiary/aromatic N) is 3. The Morgan fingerprint density at radius 2 is 2.14 bits per heavy atom. The molecule has 0 N–H and O–H groups in total. The van der Waals surface area contributed by atoms with Gasteiger partial charge in [0.1, 0.15) is 5.76 Å². The second-order valence-electron chi connectivity index (χ2n) is 4.96. The summed E-state index contributed by atoms with van der Waals surface area (Å²) in [5.41, 5.74) is -0.741. The molecule has 0 bridgehead atoms. The van der Waals surface area contributed by atoms with Crippen LogP contribution in [0.5, 0.6) is 5.88 Å². The molecule has 0 aromatic carbocycles. The Morgan fingerprint density at radius 1 is 1.43 bits per heavy atom. The van der Waals surface area contributed by atoms with Crippen molar-refractivity contribution in [2.75, 3.05) is 6.61 Å². The first-order chi connectivity index (χ1) is 9.93. The van der Waals surface area contributed by atoms with Gasteiger partial charge in [-0.15, -0.1) is 0 Å². The van der Waals surface area contributed by atoms with Crippen molar-refractivity contribution in [1.29, 1.82) is 0 Å². The molecule has 0 aliphatic heterocycles. The van der Waals surface area contributed by atoms with Crippen molar-refractivity contribution < 1.29 is 22.4 Å². The predicted octanol–water partition coefficient (Wildman–Crippen LogP) is 3.37. The minimum atomic E-state index is -4.57. The molecule has 1 aliphatic carbocycles. The van der Waals surface area contributed by atoms with E-state index in [0.717, 1.165) is 17.5 Å². The van der Waals surface area contributed by atoms with Gasteiger partial charge in [0.25, 0.3) is 0 Å². The lowest BCUT2D eigenvalue weighted by atomic mass is 10.0. The van der Waals surface area contributed by atoms with Crippen LogP contribution in [-0.2, 0) is 13.2 Å². The number of hydrogen-bond donors (Lipinski definition) is 0. The van der Waals surface area contributed by atoms with Crippen molar-refractivity contribution in [3.63, 3.8) is 0 Å². The summed E-state index contributed by atoms with van der Waals surface area (Å²) in [5.74, 6) is 0.697. The maximum absolute atomic E-state index is 13.2. The lowest BCUT2D eigenvalue weighted by Crippen LogP contribution is -2.08. The summed E-state index contributed by atoms with van der Waals surface area (Å²) >= 11 is 0. The van der Waals surface area contributed by atoms with Crippen LogP contribution in [0, 0.1) is 0 Å². The molecule has 2 heterocycles. The number of halogens is 3. The van der Waals surface area contributed by atoms with Crippen LogP contribution in [0.3, 0.4) is 0 Å². The maximum Gasteiger partial charge on any atom is 0.435 e. The van der Waals surface area contributed by atoms with Gasteiger partial charge >= 0.3 is 6.18 Å². The Kier molecular flexibility index (Phi) is 3.18. The standard InChI is InChI=1S/C13H14F3N3O2/c1-3-20-12-9(11(13(14,15)16)18-19(12)2)8-6-17-21-10(8)7-4-5-7/h6-7H,3-5H2,1-2H3. The number of ether oxygens (including phenoxy) is 1. The summed E-state index contributed by atoms with van der Waals surface area (Å²) in [4.78, 5) is 0. The van der Waals surface area contributed by atoms with Gasteiger partial charge in [0, 0.05) is 13.0 Å². The molecule has 2 aromatic heterocycles. The number of aryl methyl sites for hydroxylation is 1. The highest BCUT2D eigenvalue weighted by Crippen LogP contribution is 2.49. The fourth-order valence-electron chi connectivity index (χ4n) is 2.33. The molecule has 8 heteroatoms. The van der Waals surface area contributed by atoms with E-state index in [2.05, 4.69) is 10.3 Å². The van der Waals surface area contributed by atoms with E-state index in [1.54, 1.807) is 6.92 Å². The van der Waals surface area contributed by atoms with Crippen molar-refractivity contribution in [3.8, 4) is 17.0 Å². The summed E-state index contributed by atoms with van der Waals surface area (Å²) in [6.07, 6.45) is -1.47.